The number of hydrogen-bond donors (Lipinski definition) is 0. The van der Waals surface area contributed by atoms with E-state index >= 15 is 0 Å². The summed E-state index contributed by atoms with van der Waals surface area (Å²) >= 11 is 0. The highest BCUT2D eigenvalue weighted by molar-refractivity contribution is 6.76. The third-order valence-corrected chi connectivity index (χ3v) is 4.42. The molecule has 1 atom stereocenters. The van der Waals surface area contributed by atoms with E-state index in [0.29, 0.717) is 6.04 Å². The van der Waals surface area contributed by atoms with Crippen LogP contribution in [0.25, 0.3) is 11.0 Å². The summed E-state index contributed by atoms with van der Waals surface area (Å²) in [6, 6.07) is 9.66. The molecule has 0 aliphatic rings. The normalized spacial score (nSPS) is 14.2. The molecule has 3 nitrogen and oxygen atoms in total. The zero-order valence-electron chi connectivity index (χ0n) is 10.4. The summed E-state index contributed by atoms with van der Waals surface area (Å²) in [6.07, 6.45) is 0. The van der Waals surface area contributed by atoms with Crippen LogP contribution in [0.2, 0.25) is 25.7 Å². The number of benzene rings is 1. The van der Waals surface area contributed by atoms with Crippen LogP contribution in [0.15, 0.2) is 24.3 Å². The maximum absolute atomic E-state index is 4.52. The first-order valence-corrected chi connectivity index (χ1v) is 9.48. The van der Waals surface area contributed by atoms with Crippen LogP contribution < -0.4 is 0 Å². The van der Waals surface area contributed by atoms with E-state index in [0.717, 1.165) is 11.0 Å². The molecule has 1 aromatic heterocycles. The van der Waals surface area contributed by atoms with Gasteiger partial charge in [0.1, 0.15) is 11.0 Å². The van der Waals surface area contributed by atoms with Crippen molar-refractivity contribution in [2.45, 2.75) is 38.7 Å². The predicted molar refractivity (Wildman–Crippen MR) is 70.4 cm³/mol. The molecule has 0 N–H and O–H groups in total. The SMILES string of the molecule is CC(C[Si](C)(C)C)n1nc2ccccc2n1. The van der Waals surface area contributed by atoms with Gasteiger partial charge in [-0.05, 0) is 25.1 Å². The van der Waals surface area contributed by atoms with Crippen molar-refractivity contribution in [2.75, 3.05) is 0 Å². The summed E-state index contributed by atoms with van der Waals surface area (Å²) in [7, 11) is -1.05. The number of nitrogens with zero attached hydrogens (tertiary/aromatic N) is 3. The zero-order valence-corrected chi connectivity index (χ0v) is 11.4. The van der Waals surface area contributed by atoms with Crippen LogP contribution in [-0.4, -0.2) is 23.1 Å². The minimum atomic E-state index is -1.05. The lowest BCUT2D eigenvalue weighted by molar-refractivity contribution is 0.468. The molecular weight excluding hydrogens is 214 g/mol. The van der Waals surface area contributed by atoms with E-state index in [1.165, 1.54) is 6.04 Å². The number of hydrogen-bond acceptors (Lipinski definition) is 2. The van der Waals surface area contributed by atoms with Crippen LogP contribution in [0.5, 0.6) is 0 Å². The molecule has 86 valence electrons. The highest BCUT2D eigenvalue weighted by Gasteiger charge is 2.19. The second-order valence-corrected chi connectivity index (χ2v) is 11.2. The van der Waals surface area contributed by atoms with Crippen LogP contribution in [-0.2, 0) is 0 Å². The van der Waals surface area contributed by atoms with Gasteiger partial charge in [0.15, 0.2) is 0 Å². The summed E-state index contributed by atoms with van der Waals surface area (Å²) in [6.45, 7) is 9.35. The molecule has 0 spiro atoms. The van der Waals surface area contributed by atoms with Crippen LogP contribution in [0.1, 0.15) is 13.0 Å². The fourth-order valence-corrected chi connectivity index (χ4v) is 3.98. The van der Waals surface area contributed by atoms with E-state index < -0.39 is 8.07 Å². The monoisotopic (exact) mass is 233 g/mol. The van der Waals surface area contributed by atoms with Crippen LogP contribution in [0, 0.1) is 0 Å². The standard InChI is InChI=1S/C12H19N3Si/c1-10(9-16(2,3)4)15-13-11-7-5-6-8-12(11)14-15/h5-8,10H,9H2,1-4H3. The topological polar surface area (TPSA) is 30.7 Å². The van der Waals surface area contributed by atoms with Gasteiger partial charge in [-0.25, -0.2) is 0 Å². The maximum Gasteiger partial charge on any atom is 0.113 e. The summed E-state index contributed by atoms with van der Waals surface area (Å²) in [5.74, 6) is 0. The fourth-order valence-electron chi connectivity index (χ4n) is 2.04. The van der Waals surface area contributed by atoms with Crippen molar-refractivity contribution in [1.29, 1.82) is 0 Å². The molecule has 4 heteroatoms. The van der Waals surface area contributed by atoms with Gasteiger partial charge in [0.25, 0.3) is 0 Å². The summed E-state index contributed by atoms with van der Waals surface area (Å²) in [5.41, 5.74) is 1.98. The smallest absolute Gasteiger partial charge is 0.113 e. The largest absolute Gasteiger partial charge is 0.181 e. The van der Waals surface area contributed by atoms with E-state index in [-0.39, 0.29) is 0 Å². The Hall–Kier alpha value is -1.16. The fraction of sp³-hybridized carbons (Fsp3) is 0.500. The first kappa shape index (κ1) is 11.3. The van der Waals surface area contributed by atoms with Crippen molar-refractivity contribution in [2.24, 2.45) is 0 Å². The summed E-state index contributed by atoms with van der Waals surface area (Å²) in [5, 5.41) is 9.05. The van der Waals surface area contributed by atoms with E-state index in [1.54, 1.807) is 0 Å². The third kappa shape index (κ3) is 2.50. The molecule has 2 rings (SSSR count). The van der Waals surface area contributed by atoms with Crippen molar-refractivity contribution >= 4 is 19.1 Å². The molecule has 0 fully saturated rings. The minimum Gasteiger partial charge on any atom is -0.181 e. The Morgan fingerprint density at radius 3 is 2.06 bits per heavy atom. The van der Waals surface area contributed by atoms with Crippen LogP contribution in [0.4, 0.5) is 0 Å². The van der Waals surface area contributed by atoms with Gasteiger partial charge in [0, 0.05) is 8.07 Å². The first-order valence-electron chi connectivity index (χ1n) is 5.77. The van der Waals surface area contributed by atoms with E-state index in [1.807, 2.05) is 29.1 Å². The molecule has 0 bridgehead atoms. The van der Waals surface area contributed by atoms with Gasteiger partial charge in [-0.2, -0.15) is 15.0 Å². The Labute approximate surface area is 97.5 Å². The quantitative estimate of drug-likeness (QED) is 0.761. The van der Waals surface area contributed by atoms with Crippen molar-refractivity contribution < 1.29 is 0 Å². The summed E-state index contributed by atoms with van der Waals surface area (Å²) in [4.78, 5) is 1.88. The maximum atomic E-state index is 4.52. The molecule has 0 aliphatic heterocycles. The van der Waals surface area contributed by atoms with Gasteiger partial charge in [-0.15, -0.1) is 0 Å². The second kappa shape index (κ2) is 4.01. The Kier molecular flexibility index (Phi) is 2.84. The molecule has 1 unspecified atom stereocenters. The molecule has 2 aromatic rings. The van der Waals surface area contributed by atoms with Crippen molar-refractivity contribution in [3.8, 4) is 0 Å². The minimum absolute atomic E-state index is 0.402. The Morgan fingerprint density at radius 2 is 1.62 bits per heavy atom. The molecule has 16 heavy (non-hydrogen) atoms. The second-order valence-electron chi connectivity index (χ2n) is 5.62. The molecule has 0 saturated heterocycles. The first-order chi connectivity index (χ1) is 7.46. The summed E-state index contributed by atoms with van der Waals surface area (Å²) < 4.78 is 0. The predicted octanol–water partition coefficient (Wildman–Crippen LogP) is 3.33. The van der Waals surface area contributed by atoms with Gasteiger partial charge in [-0.1, -0.05) is 31.8 Å². The molecule has 0 aliphatic carbocycles. The van der Waals surface area contributed by atoms with Crippen LogP contribution >= 0.6 is 0 Å². The molecule has 0 radical (unpaired) electrons. The lowest BCUT2D eigenvalue weighted by Gasteiger charge is -2.20. The van der Waals surface area contributed by atoms with E-state index in [9.17, 15) is 0 Å². The molecule has 0 saturated carbocycles. The van der Waals surface area contributed by atoms with E-state index in [2.05, 4.69) is 36.8 Å². The highest BCUT2D eigenvalue weighted by Crippen LogP contribution is 2.20. The van der Waals surface area contributed by atoms with E-state index in [4.69, 9.17) is 0 Å². The third-order valence-electron chi connectivity index (χ3n) is 2.60. The van der Waals surface area contributed by atoms with Gasteiger partial charge in [0.2, 0.25) is 0 Å². The van der Waals surface area contributed by atoms with Gasteiger partial charge < -0.3 is 0 Å². The molecule has 1 heterocycles. The van der Waals surface area contributed by atoms with Crippen molar-refractivity contribution in [3.63, 3.8) is 0 Å². The molecular formula is C12H19N3Si. The van der Waals surface area contributed by atoms with Crippen LogP contribution in [0.3, 0.4) is 0 Å². The average molecular weight is 233 g/mol. The van der Waals surface area contributed by atoms with Crippen molar-refractivity contribution in [3.05, 3.63) is 24.3 Å². The lowest BCUT2D eigenvalue weighted by Crippen LogP contribution is -2.25. The molecule has 1 aromatic carbocycles. The number of fused-ring (bicyclic) bond motifs is 1. The van der Waals surface area contributed by atoms with Gasteiger partial charge in [0.05, 0.1) is 6.04 Å². The molecule has 0 amide bonds. The van der Waals surface area contributed by atoms with Gasteiger partial charge in [-0.3, -0.25) is 0 Å². The van der Waals surface area contributed by atoms with Gasteiger partial charge >= 0.3 is 0 Å². The van der Waals surface area contributed by atoms with Crippen molar-refractivity contribution in [1.82, 2.24) is 15.0 Å². The zero-order chi connectivity index (χ0) is 11.8. The lowest BCUT2D eigenvalue weighted by atomic mass is 10.3. The Bertz CT molecular complexity index is 451. The average Bonchev–Trinajstić information content (AvgIpc) is 2.58. The number of rotatable bonds is 3. The highest BCUT2D eigenvalue weighted by atomic mass is 28.3. The Morgan fingerprint density at radius 1 is 1.12 bits per heavy atom. The Balaban J connectivity index is 2.26. The number of aromatic nitrogens is 3.